The van der Waals surface area contributed by atoms with Gasteiger partial charge in [0.05, 0.1) is 29.9 Å². The van der Waals surface area contributed by atoms with Crippen molar-refractivity contribution < 1.29 is 14.3 Å². The van der Waals surface area contributed by atoms with E-state index in [0.717, 1.165) is 57.3 Å². The lowest BCUT2D eigenvalue weighted by Crippen LogP contribution is -2.18. The molecular weight excluding hydrogens is 450 g/mol. The van der Waals surface area contributed by atoms with Gasteiger partial charge < -0.3 is 14.8 Å². The lowest BCUT2D eigenvalue weighted by molar-refractivity contribution is 0.112. The maximum absolute atomic E-state index is 11.5. The minimum absolute atomic E-state index is 0.0148. The Morgan fingerprint density at radius 1 is 1.33 bits per heavy atom. The van der Waals surface area contributed by atoms with Crippen molar-refractivity contribution >= 4 is 38.9 Å². The van der Waals surface area contributed by atoms with Crippen LogP contribution in [0.5, 0.6) is 0 Å². The highest BCUT2D eigenvalue weighted by Gasteiger charge is 2.29. The van der Waals surface area contributed by atoms with Crippen molar-refractivity contribution in [2.75, 3.05) is 32.8 Å². The number of carbonyl (C=O) groups excluding carboxylic acids is 1. The molecule has 1 N–H and O–H groups in total. The molecule has 0 bridgehead atoms. The quantitative estimate of drug-likeness (QED) is 0.499. The highest BCUT2D eigenvalue weighted by molar-refractivity contribution is 9.10. The summed E-state index contributed by atoms with van der Waals surface area (Å²) in [4.78, 5) is 16.3. The standard InChI is InChI=1S/C21H24BrN5O3/c1-12-6-18-21(25-26-27(18)16(11-30-3)4-5-29-2)20(23-12)17-9-13-7-15(22)8-14(10-28)19(13)24-17/h6-8,10,16-17,24H,4-5,9,11H2,1-3H3. The fourth-order valence-electron chi connectivity index (χ4n) is 4.05. The second-order valence-corrected chi connectivity index (χ2v) is 8.40. The largest absolute Gasteiger partial charge is 0.385 e. The molecule has 8 nitrogen and oxygen atoms in total. The van der Waals surface area contributed by atoms with Crippen LogP contribution in [0.4, 0.5) is 5.69 Å². The molecule has 0 fully saturated rings. The fourth-order valence-corrected chi connectivity index (χ4v) is 4.58. The first-order valence-corrected chi connectivity index (χ1v) is 10.6. The van der Waals surface area contributed by atoms with Crippen molar-refractivity contribution in [3.8, 4) is 0 Å². The van der Waals surface area contributed by atoms with Crippen LogP contribution in [-0.2, 0) is 15.9 Å². The van der Waals surface area contributed by atoms with Crippen molar-refractivity contribution in [3.63, 3.8) is 0 Å². The minimum Gasteiger partial charge on any atom is -0.385 e. The molecule has 3 heterocycles. The Morgan fingerprint density at radius 3 is 2.90 bits per heavy atom. The molecule has 2 aromatic heterocycles. The van der Waals surface area contributed by atoms with Gasteiger partial charge in [0.1, 0.15) is 5.52 Å². The molecule has 0 saturated heterocycles. The van der Waals surface area contributed by atoms with Crippen molar-refractivity contribution in [1.29, 1.82) is 0 Å². The first kappa shape index (κ1) is 20.9. The molecule has 0 aliphatic carbocycles. The smallest absolute Gasteiger partial charge is 0.152 e. The number of pyridine rings is 1. The molecule has 0 spiro atoms. The molecule has 4 rings (SSSR count). The molecule has 3 aromatic rings. The molecule has 2 atom stereocenters. The highest BCUT2D eigenvalue weighted by Crippen LogP contribution is 2.39. The normalized spacial score (nSPS) is 16.5. The van der Waals surface area contributed by atoms with E-state index in [1.165, 1.54) is 0 Å². The lowest BCUT2D eigenvalue weighted by atomic mass is 10.0. The van der Waals surface area contributed by atoms with Crippen LogP contribution < -0.4 is 5.32 Å². The molecule has 0 amide bonds. The summed E-state index contributed by atoms with van der Waals surface area (Å²) in [5, 5.41) is 12.4. The second-order valence-electron chi connectivity index (χ2n) is 7.49. The molecule has 0 radical (unpaired) electrons. The summed E-state index contributed by atoms with van der Waals surface area (Å²) in [6, 6.07) is 5.80. The molecule has 30 heavy (non-hydrogen) atoms. The summed E-state index contributed by atoms with van der Waals surface area (Å²) in [6.45, 7) is 3.09. The van der Waals surface area contributed by atoms with Gasteiger partial charge >= 0.3 is 0 Å². The fraction of sp³-hybridized carbons (Fsp3) is 0.429. The number of ether oxygens (including phenoxy) is 2. The Morgan fingerprint density at radius 2 is 2.17 bits per heavy atom. The van der Waals surface area contributed by atoms with Gasteiger partial charge in [0.15, 0.2) is 6.29 Å². The van der Waals surface area contributed by atoms with Crippen molar-refractivity contribution in [2.24, 2.45) is 0 Å². The first-order valence-electron chi connectivity index (χ1n) is 9.80. The SMILES string of the molecule is COCCC(COC)n1nnc2c(C3Cc4cc(Br)cc(C=O)c4N3)nc(C)cc21. The number of nitrogens with one attached hydrogen (secondary N) is 1. The number of methoxy groups -OCH3 is 2. The lowest BCUT2D eigenvalue weighted by Gasteiger charge is -2.17. The van der Waals surface area contributed by atoms with Crippen molar-refractivity contribution in [1.82, 2.24) is 20.0 Å². The number of nitrogens with zero attached hydrogens (tertiary/aromatic N) is 4. The van der Waals surface area contributed by atoms with Crippen LogP contribution in [0.3, 0.4) is 0 Å². The molecule has 0 saturated carbocycles. The summed E-state index contributed by atoms with van der Waals surface area (Å²) >= 11 is 3.49. The Bertz CT molecular complexity index is 1080. The van der Waals surface area contributed by atoms with Crippen molar-refractivity contribution in [3.05, 3.63) is 45.2 Å². The molecular formula is C21H24BrN5O3. The van der Waals surface area contributed by atoms with Gasteiger partial charge in [-0.1, -0.05) is 21.1 Å². The second kappa shape index (κ2) is 8.79. The van der Waals surface area contributed by atoms with Crippen LogP contribution in [0.15, 0.2) is 22.7 Å². The van der Waals surface area contributed by atoms with E-state index >= 15 is 0 Å². The van der Waals surface area contributed by atoms with E-state index in [1.807, 2.05) is 29.8 Å². The van der Waals surface area contributed by atoms with Gasteiger partial charge in [-0.25, -0.2) is 4.68 Å². The van der Waals surface area contributed by atoms with E-state index in [-0.39, 0.29) is 12.1 Å². The predicted octanol–water partition coefficient (Wildman–Crippen LogP) is 3.64. The average Bonchev–Trinajstić information content (AvgIpc) is 3.34. The zero-order valence-electron chi connectivity index (χ0n) is 17.2. The van der Waals surface area contributed by atoms with Crippen LogP contribution in [0.1, 0.15) is 45.8 Å². The van der Waals surface area contributed by atoms with Crippen LogP contribution in [0, 0.1) is 6.92 Å². The third-order valence-corrected chi connectivity index (χ3v) is 5.85. The van der Waals surface area contributed by atoms with Gasteiger partial charge in [0.25, 0.3) is 0 Å². The Balaban J connectivity index is 1.74. The minimum atomic E-state index is -0.0830. The van der Waals surface area contributed by atoms with E-state index in [0.29, 0.717) is 18.8 Å². The Kier molecular flexibility index (Phi) is 6.12. The molecule has 158 valence electrons. The Labute approximate surface area is 183 Å². The van der Waals surface area contributed by atoms with E-state index < -0.39 is 0 Å². The number of aryl methyl sites for hydroxylation is 1. The van der Waals surface area contributed by atoms with Crippen molar-refractivity contribution in [2.45, 2.75) is 31.8 Å². The zero-order chi connectivity index (χ0) is 21.3. The number of halogens is 1. The number of rotatable bonds is 8. The maximum Gasteiger partial charge on any atom is 0.152 e. The monoisotopic (exact) mass is 473 g/mol. The predicted molar refractivity (Wildman–Crippen MR) is 117 cm³/mol. The van der Waals surface area contributed by atoms with Crippen LogP contribution in [0.25, 0.3) is 11.0 Å². The van der Waals surface area contributed by atoms with Gasteiger partial charge in [-0.3, -0.25) is 9.78 Å². The zero-order valence-corrected chi connectivity index (χ0v) is 18.8. The van der Waals surface area contributed by atoms with Gasteiger partial charge in [0, 0.05) is 48.7 Å². The summed E-state index contributed by atoms with van der Waals surface area (Å²) in [7, 11) is 3.37. The van der Waals surface area contributed by atoms with Gasteiger partial charge in [0.2, 0.25) is 0 Å². The topological polar surface area (TPSA) is 91.2 Å². The number of hydrogen-bond donors (Lipinski definition) is 1. The molecule has 1 aromatic carbocycles. The third-order valence-electron chi connectivity index (χ3n) is 5.39. The van der Waals surface area contributed by atoms with Crippen LogP contribution in [0.2, 0.25) is 0 Å². The number of carbonyl (C=O) groups is 1. The summed E-state index contributed by atoms with van der Waals surface area (Å²) in [5.41, 5.74) is 5.98. The molecule has 9 heteroatoms. The number of benzene rings is 1. The summed E-state index contributed by atoms with van der Waals surface area (Å²) in [6.07, 6.45) is 2.36. The summed E-state index contributed by atoms with van der Waals surface area (Å²) in [5.74, 6) is 0. The van der Waals surface area contributed by atoms with Gasteiger partial charge in [-0.2, -0.15) is 0 Å². The van der Waals surface area contributed by atoms with E-state index in [9.17, 15) is 4.79 Å². The van der Waals surface area contributed by atoms with Gasteiger partial charge in [-0.05, 0) is 37.1 Å². The summed E-state index contributed by atoms with van der Waals surface area (Å²) < 4.78 is 13.5. The number of fused-ring (bicyclic) bond motifs is 2. The number of aromatic nitrogens is 4. The van der Waals surface area contributed by atoms with E-state index in [1.54, 1.807) is 14.2 Å². The highest BCUT2D eigenvalue weighted by atomic mass is 79.9. The maximum atomic E-state index is 11.5. The van der Waals surface area contributed by atoms with Crippen LogP contribution in [-0.4, -0.2) is 53.7 Å². The average molecular weight is 474 g/mol. The van der Waals surface area contributed by atoms with Crippen LogP contribution >= 0.6 is 15.9 Å². The first-order chi connectivity index (χ1) is 14.5. The molecule has 1 aliphatic rings. The van der Waals surface area contributed by atoms with E-state index in [4.69, 9.17) is 14.5 Å². The van der Waals surface area contributed by atoms with Gasteiger partial charge in [-0.15, -0.1) is 5.10 Å². The number of hydrogen-bond acceptors (Lipinski definition) is 7. The number of anilines is 1. The Hall–Kier alpha value is -2.36. The number of aldehydes is 1. The van der Waals surface area contributed by atoms with E-state index in [2.05, 4.69) is 31.6 Å². The molecule has 2 unspecified atom stereocenters. The third kappa shape index (κ3) is 3.84. The molecule has 1 aliphatic heterocycles.